The summed E-state index contributed by atoms with van der Waals surface area (Å²) < 4.78 is 0. The van der Waals surface area contributed by atoms with E-state index >= 15 is 0 Å². The van der Waals surface area contributed by atoms with Crippen LogP contribution < -0.4 is 5.32 Å². The summed E-state index contributed by atoms with van der Waals surface area (Å²) >= 11 is 6.37. The topological polar surface area (TPSA) is 27.6 Å². The number of hydrogen-bond acceptors (Lipinski definition) is 3. The van der Waals surface area contributed by atoms with Crippen LogP contribution in [0.4, 0.5) is 5.69 Å². The molecule has 2 aromatic carbocycles. The summed E-state index contributed by atoms with van der Waals surface area (Å²) in [6.45, 7) is 16.8. The minimum atomic E-state index is 0.732. The molecule has 1 aliphatic rings. The van der Waals surface area contributed by atoms with E-state index in [4.69, 9.17) is 11.6 Å². The van der Waals surface area contributed by atoms with Gasteiger partial charge in [-0.25, -0.2) is 0 Å². The molecule has 0 unspecified atom stereocenters. The lowest BCUT2D eigenvalue weighted by molar-refractivity contribution is 0.623. The zero-order valence-corrected chi connectivity index (χ0v) is 18.8. The first-order valence-electron chi connectivity index (χ1n) is 9.94. The van der Waals surface area contributed by atoms with E-state index in [1.54, 1.807) is 7.05 Å². The van der Waals surface area contributed by atoms with Crippen LogP contribution in [0.5, 0.6) is 0 Å². The Kier molecular flexibility index (Phi) is 7.86. The van der Waals surface area contributed by atoms with Crippen LogP contribution in [0.3, 0.4) is 0 Å². The normalized spacial score (nSPS) is 14.1. The highest BCUT2D eigenvalue weighted by Gasteiger charge is 2.26. The van der Waals surface area contributed by atoms with Crippen LogP contribution in [0.1, 0.15) is 39.7 Å². The summed E-state index contributed by atoms with van der Waals surface area (Å²) in [5, 5.41) is 4.15. The lowest BCUT2D eigenvalue weighted by Crippen LogP contribution is -2.30. The van der Waals surface area contributed by atoms with Gasteiger partial charge in [-0.05, 0) is 36.6 Å². The van der Waals surface area contributed by atoms with Crippen molar-refractivity contribution in [2.24, 2.45) is 4.99 Å². The highest BCUT2D eigenvalue weighted by molar-refractivity contribution is 6.33. The molecular weight excluding hydrogens is 378 g/mol. The number of anilines is 1. The van der Waals surface area contributed by atoms with Gasteiger partial charge in [-0.3, -0.25) is 9.89 Å². The highest BCUT2D eigenvalue weighted by atomic mass is 35.5. The van der Waals surface area contributed by atoms with Gasteiger partial charge in [-0.15, -0.1) is 0 Å². The molecule has 29 heavy (non-hydrogen) atoms. The Hall–Kier alpha value is -2.78. The maximum atomic E-state index is 6.37. The molecule has 4 heteroatoms. The fourth-order valence-corrected chi connectivity index (χ4v) is 3.45. The Bertz CT molecular complexity index is 970. The van der Waals surface area contributed by atoms with Crippen molar-refractivity contribution < 1.29 is 0 Å². The van der Waals surface area contributed by atoms with Gasteiger partial charge in [0, 0.05) is 40.8 Å². The van der Waals surface area contributed by atoms with Crippen molar-refractivity contribution >= 4 is 29.2 Å². The Morgan fingerprint density at radius 3 is 2.45 bits per heavy atom. The van der Waals surface area contributed by atoms with Gasteiger partial charge in [0.25, 0.3) is 0 Å². The van der Waals surface area contributed by atoms with E-state index in [9.17, 15) is 0 Å². The van der Waals surface area contributed by atoms with Gasteiger partial charge >= 0.3 is 0 Å². The van der Waals surface area contributed by atoms with Crippen LogP contribution in [0.25, 0.3) is 16.8 Å². The second-order valence-corrected chi connectivity index (χ2v) is 6.91. The first-order valence-corrected chi connectivity index (χ1v) is 10.3. The number of benzene rings is 2. The van der Waals surface area contributed by atoms with E-state index in [1.165, 1.54) is 5.57 Å². The zero-order valence-electron chi connectivity index (χ0n) is 18.0. The van der Waals surface area contributed by atoms with Gasteiger partial charge in [0.1, 0.15) is 5.82 Å². The standard InChI is InChI=1S/C23H24ClN3.C2H6/c1-6-15(2)23(14-25-5)27-16(3)19-12-11-18(13-22(19)26-17(27)4)20-9-7-8-10-21(20)24;1-2/h7-14,26H,3-4,6H2,1-2,5H3;1-2H3/b23-15-,25-14?;. The number of fused-ring (bicyclic) bond motifs is 1. The Balaban J connectivity index is 0.00000145. The number of nitrogens with zero attached hydrogens (tertiary/aromatic N) is 2. The quantitative estimate of drug-likeness (QED) is 0.528. The molecule has 0 bridgehead atoms. The van der Waals surface area contributed by atoms with Crippen molar-refractivity contribution in [3.63, 3.8) is 0 Å². The van der Waals surface area contributed by atoms with E-state index in [1.807, 2.05) is 49.2 Å². The zero-order chi connectivity index (χ0) is 21.6. The molecule has 0 saturated heterocycles. The first-order chi connectivity index (χ1) is 14.0. The Morgan fingerprint density at radius 2 is 1.83 bits per heavy atom. The largest absolute Gasteiger partial charge is 0.341 e. The average molecular weight is 408 g/mol. The molecule has 0 fully saturated rings. The third-order valence-corrected chi connectivity index (χ3v) is 5.12. The number of hydrogen-bond donors (Lipinski definition) is 1. The summed E-state index contributed by atoms with van der Waals surface area (Å²) in [4.78, 5) is 6.25. The molecule has 2 aromatic rings. The van der Waals surface area contributed by atoms with E-state index in [0.29, 0.717) is 0 Å². The molecule has 0 spiro atoms. The maximum Gasteiger partial charge on any atom is 0.108 e. The molecule has 0 radical (unpaired) electrons. The van der Waals surface area contributed by atoms with Crippen molar-refractivity contribution in [1.82, 2.24) is 4.90 Å². The molecular formula is C25H30ClN3. The summed E-state index contributed by atoms with van der Waals surface area (Å²) in [6.07, 6.45) is 2.79. The lowest BCUT2D eigenvalue weighted by atomic mass is 9.98. The van der Waals surface area contributed by atoms with Crippen molar-refractivity contribution in [3.8, 4) is 11.1 Å². The van der Waals surface area contributed by atoms with Gasteiger partial charge in [-0.1, -0.05) is 75.9 Å². The Labute approximate surface area is 180 Å². The Morgan fingerprint density at radius 1 is 1.14 bits per heavy atom. The fourth-order valence-electron chi connectivity index (χ4n) is 3.21. The molecule has 0 saturated carbocycles. The molecule has 152 valence electrons. The van der Waals surface area contributed by atoms with E-state index in [-0.39, 0.29) is 0 Å². The predicted octanol–water partition coefficient (Wildman–Crippen LogP) is 7.59. The van der Waals surface area contributed by atoms with E-state index < -0.39 is 0 Å². The number of halogens is 1. The third-order valence-electron chi connectivity index (χ3n) is 4.79. The van der Waals surface area contributed by atoms with E-state index in [0.717, 1.165) is 51.0 Å². The van der Waals surface area contributed by atoms with E-state index in [2.05, 4.69) is 55.5 Å². The smallest absolute Gasteiger partial charge is 0.108 e. The monoisotopic (exact) mass is 407 g/mol. The lowest BCUT2D eigenvalue weighted by Gasteiger charge is -2.36. The molecule has 0 amide bonds. The number of nitrogens with one attached hydrogen (secondary N) is 1. The van der Waals surface area contributed by atoms with Crippen molar-refractivity contribution in [2.75, 3.05) is 12.4 Å². The van der Waals surface area contributed by atoms with Crippen molar-refractivity contribution in [3.05, 3.63) is 83.3 Å². The molecule has 0 aliphatic carbocycles. The van der Waals surface area contributed by atoms with Crippen molar-refractivity contribution in [2.45, 2.75) is 34.1 Å². The predicted molar refractivity (Wildman–Crippen MR) is 129 cm³/mol. The summed E-state index contributed by atoms with van der Waals surface area (Å²) in [5.41, 5.74) is 7.16. The number of rotatable bonds is 4. The van der Waals surface area contributed by atoms with Gasteiger partial charge in [0.2, 0.25) is 0 Å². The van der Waals surface area contributed by atoms with Crippen LogP contribution in [0, 0.1) is 0 Å². The third kappa shape index (κ3) is 4.63. The molecule has 3 nitrogen and oxygen atoms in total. The highest BCUT2D eigenvalue weighted by Crippen LogP contribution is 2.40. The van der Waals surface area contributed by atoms with Crippen LogP contribution in [-0.2, 0) is 0 Å². The van der Waals surface area contributed by atoms with Crippen LogP contribution in [-0.4, -0.2) is 18.2 Å². The van der Waals surface area contributed by atoms with Gasteiger partial charge < -0.3 is 5.32 Å². The van der Waals surface area contributed by atoms with Crippen LogP contribution in [0.2, 0.25) is 5.02 Å². The SMILES string of the molecule is C=C1Nc2cc(-c3ccccc3Cl)ccc2C(=C)N1/C(C=NC)=C(/C)CC.CC. The summed E-state index contributed by atoms with van der Waals surface area (Å²) in [7, 11) is 1.77. The average Bonchev–Trinajstić information content (AvgIpc) is 2.74. The minimum absolute atomic E-state index is 0.732. The summed E-state index contributed by atoms with van der Waals surface area (Å²) in [5.74, 6) is 0.756. The van der Waals surface area contributed by atoms with Gasteiger partial charge in [0.05, 0.1) is 5.70 Å². The molecule has 1 N–H and O–H groups in total. The van der Waals surface area contributed by atoms with Crippen LogP contribution in [0.15, 0.2) is 77.7 Å². The molecule has 3 rings (SSSR count). The molecule has 0 atom stereocenters. The minimum Gasteiger partial charge on any atom is -0.341 e. The summed E-state index contributed by atoms with van der Waals surface area (Å²) in [6, 6.07) is 14.1. The van der Waals surface area contributed by atoms with Crippen LogP contribution >= 0.6 is 11.6 Å². The number of allylic oxidation sites excluding steroid dienone is 2. The second-order valence-electron chi connectivity index (χ2n) is 6.50. The molecule has 1 heterocycles. The second kappa shape index (κ2) is 10.1. The van der Waals surface area contributed by atoms with Crippen molar-refractivity contribution in [1.29, 1.82) is 0 Å². The first kappa shape index (κ1) is 22.5. The molecule has 0 aromatic heterocycles. The fraction of sp³-hybridized carbons (Fsp3) is 0.240. The number of aliphatic imine (C=N–C) groups is 1. The molecule has 1 aliphatic heterocycles. The van der Waals surface area contributed by atoms with Gasteiger partial charge in [0.15, 0.2) is 0 Å². The van der Waals surface area contributed by atoms with Gasteiger partial charge in [-0.2, -0.15) is 0 Å². The maximum absolute atomic E-state index is 6.37.